The second kappa shape index (κ2) is 8.23. The molecular weight excluding hydrogens is 362 g/mol. The van der Waals surface area contributed by atoms with E-state index in [1.165, 1.54) is 0 Å². The van der Waals surface area contributed by atoms with Gasteiger partial charge in [0.1, 0.15) is 18.1 Å². The van der Waals surface area contributed by atoms with Gasteiger partial charge in [0.15, 0.2) is 0 Å². The Labute approximate surface area is 170 Å². The average Bonchev–Trinajstić information content (AvgIpc) is 3.12. The van der Waals surface area contributed by atoms with Crippen molar-refractivity contribution in [2.75, 3.05) is 6.61 Å². The standard InChI is InChI=1S/C25H23NO3/c1-3-28-25(27)24-16-20-15-18(2)9-14-23(20)26(24)21-10-12-22(13-11-21)29-17-19-7-5-4-6-8-19/h4-16H,3,17H2,1-2H3. The van der Waals surface area contributed by atoms with E-state index < -0.39 is 0 Å². The van der Waals surface area contributed by atoms with E-state index in [-0.39, 0.29) is 5.97 Å². The Balaban J connectivity index is 1.66. The summed E-state index contributed by atoms with van der Waals surface area (Å²) < 4.78 is 13.1. The first-order valence-electron chi connectivity index (χ1n) is 9.72. The highest BCUT2D eigenvalue weighted by Gasteiger charge is 2.18. The maximum Gasteiger partial charge on any atom is 0.355 e. The minimum Gasteiger partial charge on any atom is -0.489 e. The molecule has 0 aliphatic rings. The number of aryl methyl sites for hydroxylation is 1. The third-order valence-electron chi connectivity index (χ3n) is 4.78. The van der Waals surface area contributed by atoms with Gasteiger partial charge in [-0.25, -0.2) is 4.79 Å². The summed E-state index contributed by atoms with van der Waals surface area (Å²) in [6.07, 6.45) is 0. The monoisotopic (exact) mass is 385 g/mol. The second-order valence-corrected chi connectivity index (χ2v) is 6.92. The zero-order chi connectivity index (χ0) is 20.2. The van der Waals surface area contributed by atoms with E-state index >= 15 is 0 Å². The highest BCUT2D eigenvalue weighted by molar-refractivity contribution is 5.97. The SMILES string of the molecule is CCOC(=O)c1cc2cc(C)ccc2n1-c1ccc(OCc2ccccc2)cc1. The van der Waals surface area contributed by atoms with Crippen LogP contribution in [-0.4, -0.2) is 17.1 Å². The van der Waals surface area contributed by atoms with E-state index in [0.29, 0.717) is 18.9 Å². The van der Waals surface area contributed by atoms with Gasteiger partial charge >= 0.3 is 5.97 Å². The first kappa shape index (κ1) is 18.8. The maximum atomic E-state index is 12.6. The van der Waals surface area contributed by atoms with Crippen molar-refractivity contribution < 1.29 is 14.3 Å². The molecule has 0 bridgehead atoms. The molecule has 1 heterocycles. The summed E-state index contributed by atoms with van der Waals surface area (Å²) in [5.41, 5.74) is 4.64. The first-order valence-corrected chi connectivity index (χ1v) is 9.72. The van der Waals surface area contributed by atoms with E-state index in [2.05, 4.69) is 6.07 Å². The topological polar surface area (TPSA) is 40.5 Å². The summed E-state index contributed by atoms with van der Waals surface area (Å²) in [4.78, 5) is 12.6. The number of nitrogens with zero attached hydrogens (tertiary/aromatic N) is 1. The fourth-order valence-corrected chi connectivity index (χ4v) is 3.40. The predicted molar refractivity (Wildman–Crippen MR) is 115 cm³/mol. The van der Waals surface area contributed by atoms with E-state index in [4.69, 9.17) is 9.47 Å². The number of ether oxygens (including phenoxy) is 2. The van der Waals surface area contributed by atoms with Gasteiger partial charge in [0, 0.05) is 11.1 Å². The quantitative estimate of drug-likeness (QED) is 0.400. The van der Waals surface area contributed by atoms with Gasteiger partial charge < -0.3 is 14.0 Å². The smallest absolute Gasteiger partial charge is 0.355 e. The Morgan fingerprint density at radius 3 is 2.41 bits per heavy atom. The van der Waals surface area contributed by atoms with Crippen LogP contribution in [0.15, 0.2) is 78.9 Å². The third-order valence-corrected chi connectivity index (χ3v) is 4.78. The number of benzene rings is 3. The lowest BCUT2D eigenvalue weighted by atomic mass is 10.2. The number of hydrogen-bond acceptors (Lipinski definition) is 3. The molecule has 0 N–H and O–H groups in total. The van der Waals surface area contributed by atoms with Crippen LogP contribution in [0.5, 0.6) is 5.75 Å². The van der Waals surface area contributed by atoms with Gasteiger partial charge in [-0.15, -0.1) is 0 Å². The Bertz CT molecular complexity index is 1130. The fraction of sp³-hybridized carbons (Fsp3) is 0.160. The van der Waals surface area contributed by atoms with Crippen molar-refractivity contribution >= 4 is 16.9 Å². The molecule has 1 aromatic heterocycles. The lowest BCUT2D eigenvalue weighted by molar-refractivity contribution is 0.0517. The van der Waals surface area contributed by atoms with Crippen molar-refractivity contribution in [3.05, 3.63) is 95.7 Å². The summed E-state index contributed by atoms with van der Waals surface area (Å²) in [7, 11) is 0. The zero-order valence-corrected chi connectivity index (χ0v) is 16.6. The van der Waals surface area contributed by atoms with Crippen LogP contribution in [0.3, 0.4) is 0 Å². The number of esters is 1. The first-order chi connectivity index (χ1) is 14.2. The molecule has 4 aromatic rings. The average molecular weight is 385 g/mol. The molecule has 0 fully saturated rings. The van der Waals surface area contributed by atoms with E-state index in [1.807, 2.05) is 91.2 Å². The minimum absolute atomic E-state index is 0.328. The Morgan fingerprint density at radius 1 is 0.931 bits per heavy atom. The number of carbonyl (C=O) groups excluding carboxylic acids is 1. The molecule has 0 spiro atoms. The number of hydrogen-bond donors (Lipinski definition) is 0. The molecule has 0 aliphatic heterocycles. The van der Waals surface area contributed by atoms with Gasteiger partial charge in [-0.05, 0) is 61.9 Å². The van der Waals surface area contributed by atoms with Gasteiger partial charge in [-0.3, -0.25) is 0 Å². The van der Waals surface area contributed by atoms with Crippen molar-refractivity contribution in [1.82, 2.24) is 4.57 Å². The van der Waals surface area contributed by atoms with Crippen LogP contribution in [0.25, 0.3) is 16.6 Å². The van der Waals surface area contributed by atoms with E-state index in [0.717, 1.165) is 33.5 Å². The molecule has 3 aromatic carbocycles. The summed E-state index contributed by atoms with van der Waals surface area (Å²) >= 11 is 0. The summed E-state index contributed by atoms with van der Waals surface area (Å²) in [5.74, 6) is 0.452. The van der Waals surface area contributed by atoms with Gasteiger partial charge in [-0.1, -0.05) is 42.0 Å². The molecule has 146 valence electrons. The molecule has 4 rings (SSSR count). The maximum absolute atomic E-state index is 12.6. The predicted octanol–water partition coefficient (Wildman–Crippen LogP) is 5.69. The number of carbonyl (C=O) groups is 1. The van der Waals surface area contributed by atoms with Crippen LogP contribution in [0.1, 0.15) is 28.5 Å². The minimum atomic E-state index is -0.328. The molecule has 0 aliphatic carbocycles. The summed E-state index contributed by atoms with van der Waals surface area (Å²) in [6, 6.07) is 25.9. The van der Waals surface area contributed by atoms with Gasteiger partial charge in [0.2, 0.25) is 0 Å². The molecule has 0 radical (unpaired) electrons. The lowest BCUT2D eigenvalue weighted by Crippen LogP contribution is -2.10. The molecule has 29 heavy (non-hydrogen) atoms. The molecule has 0 unspecified atom stereocenters. The fourth-order valence-electron chi connectivity index (χ4n) is 3.40. The Kier molecular flexibility index (Phi) is 5.34. The molecular formula is C25H23NO3. The zero-order valence-electron chi connectivity index (χ0n) is 16.6. The van der Waals surface area contributed by atoms with Crippen LogP contribution in [0.4, 0.5) is 0 Å². The summed E-state index contributed by atoms with van der Waals surface area (Å²) in [5, 5.41) is 1.01. The van der Waals surface area contributed by atoms with Crippen molar-refractivity contribution in [2.24, 2.45) is 0 Å². The molecule has 0 atom stereocenters. The Hall–Kier alpha value is -3.53. The van der Waals surface area contributed by atoms with E-state index in [9.17, 15) is 4.79 Å². The molecule has 4 nitrogen and oxygen atoms in total. The number of aromatic nitrogens is 1. The second-order valence-electron chi connectivity index (χ2n) is 6.92. The Morgan fingerprint density at radius 2 is 1.69 bits per heavy atom. The van der Waals surface area contributed by atoms with Crippen LogP contribution >= 0.6 is 0 Å². The van der Waals surface area contributed by atoms with Gasteiger partial charge in [0.05, 0.1) is 12.1 Å². The number of rotatable bonds is 6. The van der Waals surface area contributed by atoms with Gasteiger partial charge in [-0.2, -0.15) is 0 Å². The van der Waals surface area contributed by atoms with Gasteiger partial charge in [0.25, 0.3) is 0 Å². The van der Waals surface area contributed by atoms with Crippen LogP contribution in [0, 0.1) is 6.92 Å². The highest BCUT2D eigenvalue weighted by Crippen LogP contribution is 2.27. The molecule has 0 amide bonds. The van der Waals surface area contributed by atoms with Crippen molar-refractivity contribution in [2.45, 2.75) is 20.5 Å². The van der Waals surface area contributed by atoms with Crippen LogP contribution < -0.4 is 4.74 Å². The van der Waals surface area contributed by atoms with Crippen LogP contribution in [-0.2, 0) is 11.3 Å². The highest BCUT2D eigenvalue weighted by atomic mass is 16.5. The van der Waals surface area contributed by atoms with Crippen molar-refractivity contribution in [3.8, 4) is 11.4 Å². The lowest BCUT2D eigenvalue weighted by Gasteiger charge is -2.12. The molecule has 0 saturated carbocycles. The van der Waals surface area contributed by atoms with Crippen molar-refractivity contribution in [1.29, 1.82) is 0 Å². The third kappa shape index (κ3) is 4.02. The summed E-state index contributed by atoms with van der Waals surface area (Å²) in [6.45, 7) is 4.71. The van der Waals surface area contributed by atoms with Crippen LogP contribution in [0.2, 0.25) is 0 Å². The largest absolute Gasteiger partial charge is 0.489 e. The normalized spacial score (nSPS) is 10.8. The molecule has 0 saturated heterocycles. The van der Waals surface area contributed by atoms with E-state index in [1.54, 1.807) is 0 Å². The molecule has 4 heteroatoms. The number of fused-ring (bicyclic) bond motifs is 1. The van der Waals surface area contributed by atoms with Crippen molar-refractivity contribution in [3.63, 3.8) is 0 Å².